The number of anilines is 1. The number of benzene rings is 2. The lowest BCUT2D eigenvalue weighted by molar-refractivity contribution is 0.102. The van der Waals surface area contributed by atoms with Gasteiger partial charge in [0.05, 0.1) is 19.4 Å². The van der Waals surface area contributed by atoms with Crippen LogP contribution in [0.5, 0.6) is 11.5 Å². The lowest BCUT2D eigenvalue weighted by Crippen LogP contribution is -2.13. The molecule has 6 heteroatoms. The SMILES string of the molecule is COc1ccc(-c2ccc(CO)o2)cc1NC(=O)c1ccc(OCC(C)C)cc1. The number of aliphatic hydroxyl groups is 1. The topological polar surface area (TPSA) is 80.9 Å². The first-order chi connectivity index (χ1) is 14.0. The highest BCUT2D eigenvalue weighted by atomic mass is 16.5. The molecule has 6 nitrogen and oxygen atoms in total. The van der Waals surface area contributed by atoms with Gasteiger partial charge in [-0.05, 0) is 60.5 Å². The minimum atomic E-state index is -0.258. The molecule has 29 heavy (non-hydrogen) atoms. The van der Waals surface area contributed by atoms with E-state index in [4.69, 9.17) is 13.9 Å². The third kappa shape index (κ3) is 5.18. The summed E-state index contributed by atoms with van der Waals surface area (Å²) in [6, 6.07) is 15.9. The van der Waals surface area contributed by atoms with Crippen LogP contribution in [-0.4, -0.2) is 24.7 Å². The number of methoxy groups -OCH3 is 1. The molecule has 0 bridgehead atoms. The van der Waals surface area contributed by atoms with Crippen molar-refractivity contribution < 1.29 is 23.8 Å². The minimum Gasteiger partial charge on any atom is -0.495 e. The Morgan fingerprint density at radius 1 is 1.10 bits per heavy atom. The summed E-state index contributed by atoms with van der Waals surface area (Å²) in [5.74, 6) is 2.51. The first-order valence-corrected chi connectivity index (χ1v) is 9.42. The molecule has 0 spiro atoms. The number of hydrogen-bond donors (Lipinski definition) is 2. The van der Waals surface area contributed by atoms with Gasteiger partial charge in [0.25, 0.3) is 5.91 Å². The average molecular weight is 395 g/mol. The van der Waals surface area contributed by atoms with Crippen LogP contribution in [0.2, 0.25) is 0 Å². The zero-order chi connectivity index (χ0) is 20.8. The number of carbonyl (C=O) groups excluding carboxylic acids is 1. The number of carbonyl (C=O) groups is 1. The quantitative estimate of drug-likeness (QED) is 0.576. The van der Waals surface area contributed by atoms with Gasteiger partial charge in [-0.25, -0.2) is 0 Å². The third-order valence-electron chi connectivity index (χ3n) is 4.25. The van der Waals surface area contributed by atoms with Crippen LogP contribution in [0, 0.1) is 5.92 Å². The van der Waals surface area contributed by atoms with E-state index < -0.39 is 0 Å². The first-order valence-electron chi connectivity index (χ1n) is 9.42. The molecular weight excluding hydrogens is 370 g/mol. The van der Waals surface area contributed by atoms with Crippen LogP contribution < -0.4 is 14.8 Å². The maximum Gasteiger partial charge on any atom is 0.255 e. The molecule has 1 amide bonds. The Morgan fingerprint density at radius 2 is 1.86 bits per heavy atom. The molecular formula is C23H25NO5. The van der Waals surface area contributed by atoms with E-state index >= 15 is 0 Å². The van der Waals surface area contributed by atoms with Gasteiger partial charge >= 0.3 is 0 Å². The fraction of sp³-hybridized carbons (Fsp3) is 0.261. The van der Waals surface area contributed by atoms with Crippen molar-refractivity contribution in [3.8, 4) is 22.8 Å². The lowest BCUT2D eigenvalue weighted by atomic mass is 10.1. The van der Waals surface area contributed by atoms with Gasteiger partial charge in [0.1, 0.15) is 29.6 Å². The van der Waals surface area contributed by atoms with Crippen molar-refractivity contribution in [3.05, 3.63) is 65.9 Å². The summed E-state index contributed by atoms with van der Waals surface area (Å²) in [6.45, 7) is 4.62. The predicted octanol–water partition coefficient (Wildman–Crippen LogP) is 4.73. The number of amides is 1. The maximum absolute atomic E-state index is 12.7. The standard InChI is InChI=1S/C23H25NO5/c1-15(2)14-28-18-7-4-16(5-8-18)23(26)24-20-12-17(6-10-22(20)27-3)21-11-9-19(13-25)29-21/h4-12,15,25H,13-14H2,1-3H3,(H,24,26). The average Bonchev–Trinajstić information content (AvgIpc) is 3.22. The van der Waals surface area contributed by atoms with E-state index in [1.807, 2.05) is 6.07 Å². The van der Waals surface area contributed by atoms with Crippen LogP contribution in [0.25, 0.3) is 11.3 Å². The molecule has 2 aromatic carbocycles. The van der Waals surface area contributed by atoms with Crippen LogP contribution in [0.1, 0.15) is 30.0 Å². The van der Waals surface area contributed by atoms with Gasteiger partial charge in [-0.2, -0.15) is 0 Å². The van der Waals surface area contributed by atoms with Gasteiger partial charge in [-0.3, -0.25) is 4.79 Å². The van der Waals surface area contributed by atoms with Crippen molar-refractivity contribution in [3.63, 3.8) is 0 Å². The third-order valence-corrected chi connectivity index (χ3v) is 4.25. The molecule has 0 aliphatic heterocycles. The summed E-state index contributed by atoms with van der Waals surface area (Å²) < 4.78 is 16.6. The zero-order valence-corrected chi connectivity index (χ0v) is 16.8. The normalized spacial score (nSPS) is 10.8. The number of rotatable bonds is 8. The number of ether oxygens (including phenoxy) is 2. The van der Waals surface area contributed by atoms with E-state index in [0.717, 1.165) is 11.3 Å². The minimum absolute atomic E-state index is 0.170. The highest BCUT2D eigenvalue weighted by Gasteiger charge is 2.13. The van der Waals surface area contributed by atoms with Crippen LogP contribution in [0.15, 0.2) is 59.0 Å². The van der Waals surface area contributed by atoms with Crippen molar-refractivity contribution in [1.29, 1.82) is 0 Å². The van der Waals surface area contributed by atoms with Crippen LogP contribution in [-0.2, 0) is 6.61 Å². The van der Waals surface area contributed by atoms with E-state index in [0.29, 0.717) is 41.0 Å². The molecule has 0 atom stereocenters. The highest BCUT2D eigenvalue weighted by Crippen LogP contribution is 2.32. The van der Waals surface area contributed by atoms with Crippen molar-refractivity contribution in [2.45, 2.75) is 20.5 Å². The Balaban J connectivity index is 1.77. The van der Waals surface area contributed by atoms with E-state index in [-0.39, 0.29) is 12.5 Å². The van der Waals surface area contributed by atoms with Gasteiger partial charge < -0.3 is 24.3 Å². The predicted molar refractivity (Wildman–Crippen MR) is 111 cm³/mol. The highest BCUT2D eigenvalue weighted by molar-refractivity contribution is 6.05. The molecule has 0 fully saturated rings. The van der Waals surface area contributed by atoms with Crippen molar-refractivity contribution in [2.24, 2.45) is 5.92 Å². The van der Waals surface area contributed by atoms with E-state index in [1.165, 1.54) is 0 Å². The number of aliphatic hydroxyl groups excluding tert-OH is 1. The summed E-state index contributed by atoms with van der Waals surface area (Å²) in [7, 11) is 1.54. The molecule has 0 aliphatic rings. The molecule has 0 aliphatic carbocycles. The molecule has 152 valence electrons. The monoisotopic (exact) mass is 395 g/mol. The van der Waals surface area contributed by atoms with E-state index in [2.05, 4.69) is 19.2 Å². The van der Waals surface area contributed by atoms with Crippen LogP contribution in [0.4, 0.5) is 5.69 Å². The summed E-state index contributed by atoms with van der Waals surface area (Å²) in [6.07, 6.45) is 0. The van der Waals surface area contributed by atoms with Gasteiger partial charge in [-0.1, -0.05) is 13.8 Å². The van der Waals surface area contributed by atoms with Gasteiger partial charge in [-0.15, -0.1) is 0 Å². The summed E-state index contributed by atoms with van der Waals surface area (Å²) in [5.41, 5.74) is 1.80. The number of nitrogens with one attached hydrogen (secondary N) is 1. The molecule has 3 rings (SSSR count). The molecule has 2 N–H and O–H groups in total. The first kappa shape index (κ1) is 20.5. The molecule has 0 radical (unpaired) electrons. The fourth-order valence-corrected chi connectivity index (χ4v) is 2.74. The van der Waals surface area contributed by atoms with Gasteiger partial charge in [0, 0.05) is 11.1 Å². The molecule has 0 saturated heterocycles. The Labute approximate surface area is 170 Å². The van der Waals surface area contributed by atoms with Gasteiger partial charge in [0.15, 0.2) is 0 Å². The Bertz CT molecular complexity index is 960. The summed E-state index contributed by atoms with van der Waals surface area (Å²) in [5, 5.41) is 12.1. The molecule has 0 unspecified atom stereocenters. The Morgan fingerprint density at radius 3 is 2.48 bits per heavy atom. The smallest absolute Gasteiger partial charge is 0.255 e. The summed E-state index contributed by atoms with van der Waals surface area (Å²) >= 11 is 0. The van der Waals surface area contributed by atoms with Crippen LogP contribution >= 0.6 is 0 Å². The summed E-state index contributed by atoms with van der Waals surface area (Å²) in [4.78, 5) is 12.7. The Kier molecular flexibility index (Phi) is 6.57. The zero-order valence-electron chi connectivity index (χ0n) is 16.8. The largest absolute Gasteiger partial charge is 0.495 e. The van der Waals surface area contributed by atoms with Crippen molar-refractivity contribution in [1.82, 2.24) is 0 Å². The van der Waals surface area contributed by atoms with Crippen molar-refractivity contribution >= 4 is 11.6 Å². The van der Waals surface area contributed by atoms with E-state index in [1.54, 1.807) is 55.6 Å². The fourth-order valence-electron chi connectivity index (χ4n) is 2.74. The van der Waals surface area contributed by atoms with Crippen LogP contribution in [0.3, 0.4) is 0 Å². The number of hydrogen-bond acceptors (Lipinski definition) is 5. The van der Waals surface area contributed by atoms with Crippen molar-refractivity contribution in [2.75, 3.05) is 19.0 Å². The lowest BCUT2D eigenvalue weighted by Gasteiger charge is -2.12. The molecule has 1 aromatic heterocycles. The molecule has 3 aromatic rings. The van der Waals surface area contributed by atoms with E-state index in [9.17, 15) is 9.90 Å². The molecule has 1 heterocycles. The van der Waals surface area contributed by atoms with Gasteiger partial charge in [0.2, 0.25) is 0 Å². The number of furan rings is 1. The second-order valence-electron chi connectivity index (χ2n) is 7.02. The molecule has 0 saturated carbocycles. The Hall–Kier alpha value is -3.25. The maximum atomic E-state index is 12.7. The second-order valence-corrected chi connectivity index (χ2v) is 7.02. The second kappa shape index (κ2) is 9.30.